The van der Waals surface area contributed by atoms with Crippen molar-refractivity contribution in [1.29, 1.82) is 0 Å². The number of hydrogen-bond acceptors (Lipinski definition) is 15. The Morgan fingerprint density at radius 1 is 0.315 bits per heavy atom. The minimum atomic E-state index is -4.95. The largest absolute Gasteiger partial charge is 0.472 e. The van der Waals surface area contributed by atoms with Gasteiger partial charge in [-0.25, -0.2) is 9.13 Å². The molecule has 19 heteroatoms. The molecule has 89 heavy (non-hydrogen) atoms. The molecule has 0 radical (unpaired) electrons. The average molecular weight is 1310 g/mol. The molecule has 17 nitrogen and oxygen atoms in total. The molecular formula is C70H136O17P2. The van der Waals surface area contributed by atoms with Crippen molar-refractivity contribution in [3.8, 4) is 0 Å². The molecule has 0 amide bonds. The van der Waals surface area contributed by atoms with E-state index < -0.39 is 97.5 Å². The van der Waals surface area contributed by atoms with Crippen molar-refractivity contribution in [2.24, 2.45) is 11.8 Å². The van der Waals surface area contributed by atoms with Crippen LogP contribution in [0.1, 0.15) is 356 Å². The van der Waals surface area contributed by atoms with Gasteiger partial charge >= 0.3 is 39.5 Å². The summed E-state index contributed by atoms with van der Waals surface area (Å²) in [6.07, 6.45) is 47.0. The molecule has 0 aromatic heterocycles. The second-order valence-corrected chi connectivity index (χ2v) is 28.7. The summed E-state index contributed by atoms with van der Waals surface area (Å²) in [5.74, 6) is -0.552. The Labute approximate surface area is 543 Å². The molecule has 0 aromatic rings. The summed E-state index contributed by atoms with van der Waals surface area (Å²) in [7, 11) is -9.90. The summed E-state index contributed by atoms with van der Waals surface area (Å²) in [6, 6.07) is 0. The molecule has 0 bridgehead atoms. The topological polar surface area (TPSA) is 237 Å². The van der Waals surface area contributed by atoms with E-state index in [4.69, 9.17) is 37.0 Å². The predicted molar refractivity (Wildman–Crippen MR) is 358 cm³/mol. The third-order valence-electron chi connectivity index (χ3n) is 16.9. The first kappa shape index (κ1) is 87.1. The Kier molecular flexibility index (Phi) is 60.8. The Morgan fingerprint density at radius 2 is 0.539 bits per heavy atom. The van der Waals surface area contributed by atoms with Crippen LogP contribution in [0, 0.1) is 11.8 Å². The molecule has 0 rings (SSSR count). The first-order valence-corrected chi connectivity index (χ1v) is 39.6. The van der Waals surface area contributed by atoms with Gasteiger partial charge in [0, 0.05) is 25.7 Å². The van der Waals surface area contributed by atoms with Crippen molar-refractivity contribution in [3.63, 3.8) is 0 Å². The molecule has 0 spiro atoms. The second kappa shape index (κ2) is 62.2. The molecule has 0 heterocycles. The van der Waals surface area contributed by atoms with Crippen molar-refractivity contribution in [1.82, 2.24) is 0 Å². The van der Waals surface area contributed by atoms with Crippen LogP contribution in [-0.4, -0.2) is 96.7 Å². The van der Waals surface area contributed by atoms with E-state index in [0.29, 0.717) is 25.7 Å². The Bertz CT molecular complexity index is 1740. The number of hydrogen-bond donors (Lipinski definition) is 3. The van der Waals surface area contributed by atoms with Gasteiger partial charge in [-0.2, -0.15) is 0 Å². The van der Waals surface area contributed by atoms with Gasteiger partial charge in [-0.05, 0) is 37.5 Å². The van der Waals surface area contributed by atoms with Gasteiger partial charge in [-0.1, -0.05) is 305 Å². The number of carbonyl (C=O) groups excluding carboxylic acids is 4. The monoisotopic (exact) mass is 1310 g/mol. The van der Waals surface area contributed by atoms with Crippen LogP contribution in [0.25, 0.3) is 0 Å². The first-order valence-electron chi connectivity index (χ1n) is 36.6. The highest BCUT2D eigenvalue weighted by Crippen LogP contribution is 2.45. The molecule has 0 saturated heterocycles. The molecule has 0 saturated carbocycles. The van der Waals surface area contributed by atoms with E-state index in [1.165, 1.54) is 173 Å². The highest BCUT2D eigenvalue weighted by Gasteiger charge is 2.30. The fourth-order valence-electron chi connectivity index (χ4n) is 10.5. The average Bonchev–Trinajstić information content (AvgIpc) is 3.71. The quantitative estimate of drug-likeness (QED) is 0.0222. The fraction of sp³-hybridized carbons (Fsp3) is 0.943. The zero-order chi connectivity index (χ0) is 65.7. The van der Waals surface area contributed by atoms with Crippen LogP contribution in [0.2, 0.25) is 0 Å². The maximum atomic E-state index is 13.0. The lowest BCUT2D eigenvalue weighted by atomic mass is 9.99. The summed E-state index contributed by atoms with van der Waals surface area (Å²) in [6.45, 7) is 9.56. The van der Waals surface area contributed by atoms with Crippen LogP contribution in [-0.2, 0) is 65.4 Å². The van der Waals surface area contributed by atoms with Gasteiger partial charge in [0.25, 0.3) is 0 Å². The predicted octanol–water partition coefficient (Wildman–Crippen LogP) is 20.0. The van der Waals surface area contributed by atoms with Crippen LogP contribution in [0.3, 0.4) is 0 Å². The van der Waals surface area contributed by atoms with Crippen LogP contribution in [0.5, 0.6) is 0 Å². The number of ether oxygens (including phenoxy) is 4. The molecule has 0 aliphatic heterocycles. The summed E-state index contributed by atoms with van der Waals surface area (Å²) < 4.78 is 68.3. The molecule has 0 aromatic carbocycles. The lowest BCUT2D eigenvalue weighted by Gasteiger charge is -2.21. The Morgan fingerprint density at radius 3 is 0.798 bits per heavy atom. The molecular weight excluding hydrogens is 1170 g/mol. The molecule has 528 valence electrons. The van der Waals surface area contributed by atoms with Crippen molar-refractivity contribution in [2.45, 2.75) is 374 Å². The molecule has 0 aliphatic rings. The highest BCUT2D eigenvalue weighted by atomic mass is 31.2. The number of rotatable bonds is 69. The zero-order valence-corrected chi connectivity index (χ0v) is 59.5. The number of aliphatic hydroxyl groups excluding tert-OH is 1. The minimum Gasteiger partial charge on any atom is -0.462 e. The number of aliphatic hydroxyl groups is 1. The molecule has 0 aliphatic carbocycles. The normalized spacial score (nSPS) is 14.8. The third kappa shape index (κ3) is 62.0. The Hall–Kier alpha value is -1.94. The number of carbonyl (C=O) groups is 4. The number of esters is 4. The van der Waals surface area contributed by atoms with E-state index in [-0.39, 0.29) is 25.7 Å². The van der Waals surface area contributed by atoms with Gasteiger partial charge in [0.15, 0.2) is 12.2 Å². The zero-order valence-electron chi connectivity index (χ0n) is 57.7. The molecule has 7 atom stereocenters. The van der Waals surface area contributed by atoms with Gasteiger partial charge in [0.1, 0.15) is 19.3 Å². The summed E-state index contributed by atoms with van der Waals surface area (Å²) in [4.78, 5) is 72.5. The number of unbranched alkanes of at least 4 members (excludes halogenated alkanes) is 37. The summed E-state index contributed by atoms with van der Waals surface area (Å²) in [5.41, 5.74) is 0. The van der Waals surface area contributed by atoms with E-state index in [2.05, 4.69) is 41.5 Å². The van der Waals surface area contributed by atoms with Crippen LogP contribution < -0.4 is 0 Å². The maximum absolute atomic E-state index is 13.0. The van der Waals surface area contributed by atoms with Gasteiger partial charge in [0.05, 0.1) is 26.4 Å². The SMILES string of the molecule is CCCCCCCCCCCCCCCCC(=O)OC[C@H](COP(=O)(O)OC[C@@H](O)COP(=O)(O)OC[C@@H](COC(=O)CCCCCCCCCCC)OC(=O)CCCCCCCCCCC(C)CC)OC(=O)CCCCCCCCCCCCC(C)CC. The van der Waals surface area contributed by atoms with E-state index >= 15 is 0 Å². The lowest BCUT2D eigenvalue weighted by molar-refractivity contribution is -0.161. The number of phosphoric acid groups is 2. The van der Waals surface area contributed by atoms with Crippen LogP contribution in [0.15, 0.2) is 0 Å². The van der Waals surface area contributed by atoms with E-state index in [0.717, 1.165) is 102 Å². The van der Waals surface area contributed by atoms with Crippen LogP contribution >= 0.6 is 15.6 Å². The molecule has 0 fully saturated rings. The van der Waals surface area contributed by atoms with Crippen molar-refractivity contribution < 1.29 is 80.2 Å². The second-order valence-electron chi connectivity index (χ2n) is 25.8. The maximum Gasteiger partial charge on any atom is 0.472 e. The summed E-state index contributed by atoms with van der Waals surface area (Å²) in [5, 5.41) is 10.6. The van der Waals surface area contributed by atoms with E-state index in [9.17, 15) is 43.2 Å². The van der Waals surface area contributed by atoms with Crippen molar-refractivity contribution in [2.75, 3.05) is 39.6 Å². The van der Waals surface area contributed by atoms with Crippen molar-refractivity contribution in [3.05, 3.63) is 0 Å². The number of phosphoric ester groups is 2. The highest BCUT2D eigenvalue weighted by molar-refractivity contribution is 7.47. The molecule has 4 unspecified atom stereocenters. The van der Waals surface area contributed by atoms with Gasteiger partial charge in [-0.3, -0.25) is 37.3 Å². The Balaban J connectivity index is 5.25. The van der Waals surface area contributed by atoms with E-state index in [1.807, 2.05) is 0 Å². The third-order valence-corrected chi connectivity index (χ3v) is 18.8. The summed E-state index contributed by atoms with van der Waals surface area (Å²) >= 11 is 0. The first-order chi connectivity index (χ1) is 42.9. The minimum absolute atomic E-state index is 0.105. The van der Waals surface area contributed by atoms with Gasteiger partial charge < -0.3 is 33.8 Å². The van der Waals surface area contributed by atoms with Crippen LogP contribution in [0.4, 0.5) is 0 Å². The van der Waals surface area contributed by atoms with E-state index in [1.54, 1.807) is 0 Å². The van der Waals surface area contributed by atoms with Gasteiger partial charge in [-0.15, -0.1) is 0 Å². The van der Waals surface area contributed by atoms with Crippen molar-refractivity contribution >= 4 is 39.5 Å². The fourth-order valence-corrected chi connectivity index (χ4v) is 12.1. The lowest BCUT2D eigenvalue weighted by Crippen LogP contribution is -2.30. The standard InChI is InChI=1S/C70H136O17P2/c1-7-11-13-15-17-19-20-21-22-23-28-35-41-47-53-68(73)81-59-65(86-69(74)54-48-42-36-29-25-24-27-32-38-44-50-62(5)9-3)60-84-88(76,77)82-56-64(71)57-83-89(78,79)85-61-66(58-80-67(72)52-46-40-34-26-18-16-14-12-8-2)87-70(75)55-49-43-37-31-30-33-39-45-51-63(6)10-4/h62-66,71H,7-61H2,1-6H3,(H,76,77)(H,78,79)/t62?,63?,64-,65-,66-/m1/s1. The molecule has 3 N–H and O–H groups in total. The smallest absolute Gasteiger partial charge is 0.462 e. The van der Waals surface area contributed by atoms with Gasteiger partial charge in [0.2, 0.25) is 0 Å².